The van der Waals surface area contributed by atoms with Crippen LogP contribution in [0.4, 0.5) is 14.5 Å². The van der Waals surface area contributed by atoms with Gasteiger partial charge in [-0.3, -0.25) is 4.90 Å². The molecular formula is C28H37F2KN6OS. The van der Waals surface area contributed by atoms with Crippen LogP contribution < -0.4 is 62.1 Å². The number of ether oxygens (including phenoxy) is 1. The molecule has 0 amide bonds. The molecule has 1 aromatic rings. The maximum absolute atomic E-state index is 13.5. The summed E-state index contributed by atoms with van der Waals surface area (Å²) in [7, 11) is 5.33. The first kappa shape index (κ1) is 35.5. The minimum absolute atomic E-state index is 0. The van der Waals surface area contributed by atoms with E-state index in [0.717, 1.165) is 12.8 Å². The second-order valence-corrected chi connectivity index (χ2v) is 9.21. The number of nitrogens with one attached hydrogen (secondary N) is 2. The molecule has 3 aliphatic rings. The van der Waals surface area contributed by atoms with Crippen LogP contribution in [0.3, 0.4) is 0 Å². The van der Waals surface area contributed by atoms with Gasteiger partial charge in [-0.15, -0.1) is 0 Å². The number of aromatic nitrogens is 1. The van der Waals surface area contributed by atoms with E-state index in [9.17, 15) is 8.78 Å². The Hall–Kier alpha value is -1.57. The topological polar surface area (TPSA) is 75.9 Å². The van der Waals surface area contributed by atoms with E-state index in [2.05, 4.69) is 49.8 Å². The van der Waals surface area contributed by atoms with Crippen LogP contribution in [0, 0.1) is 29.6 Å². The number of methoxy groups -OCH3 is 1. The molecule has 39 heavy (non-hydrogen) atoms. The van der Waals surface area contributed by atoms with E-state index in [4.69, 9.17) is 4.74 Å². The molecule has 0 spiro atoms. The van der Waals surface area contributed by atoms with Crippen molar-refractivity contribution in [2.24, 2.45) is 11.0 Å². The van der Waals surface area contributed by atoms with Gasteiger partial charge in [0.05, 0.1) is 13.7 Å². The summed E-state index contributed by atoms with van der Waals surface area (Å²) in [5.41, 5.74) is 5.04. The quantitative estimate of drug-likeness (QED) is 0.411. The number of hydrogen-bond acceptors (Lipinski definition) is 7. The van der Waals surface area contributed by atoms with Crippen molar-refractivity contribution >= 4 is 28.2 Å². The van der Waals surface area contributed by atoms with Crippen LogP contribution in [-0.4, -0.2) is 60.6 Å². The number of dihydropyridines is 1. The van der Waals surface area contributed by atoms with Gasteiger partial charge in [-0.05, 0) is 61.4 Å². The van der Waals surface area contributed by atoms with Crippen molar-refractivity contribution in [3.8, 4) is 23.7 Å². The molecule has 2 aliphatic heterocycles. The Morgan fingerprint density at radius 1 is 1.21 bits per heavy atom. The predicted molar refractivity (Wildman–Crippen MR) is 154 cm³/mol. The molecule has 206 valence electrons. The standard InChI is InChI=1S/C24H25F2N6OS.2C2H6.K/c1-32(2)10-4-5-16-11-17(18-12-19(23(25)26)28-14-21(18)33-3)20(13-27-16)29-24-31-30-22(34-24)9-8-15-6-7-15;2*1-2;/h11-15,19,22-23,28,30H,6-7,10H2,1-3H3;2*1-2H3;/q-1;;;+1. The maximum atomic E-state index is 13.5. The maximum Gasteiger partial charge on any atom is 1.00 e. The molecule has 0 aromatic carbocycles. The normalized spacial score (nSPS) is 18.8. The van der Waals surface area contributed by atoms with Gasteiger partial charge in [0.15, 0.2) is 0 Å². The van der Waals surface area contributed by atoms with Gasteiger partial charge in [0, 0.05) is 23.9 Å². The van der Waals surface area contributed by atoms with Gasteiger partial charge in [0.2, 0.25) is 0 Å². The number of thioether (sulfide) groups is 1. The number of nitrogens with zero attached hydrogens (tertiary/aromatic N) is 4. The van der Waals surface area contributed by atoms with Gasteiger partial charge >= 0.3 is 51.4 Å². The molecule has 0 saturated heterocycles. The number of allylic oxidation sites excluding steroid dienone is 1. The zero-order valence-electron chi connectivity index (χ0n) is 24.1. The molecule has 3 heterocycles. The number of hydrogen-bond donors (Lipinski definition) is 2. The van der Waals surface area contributed by atoms with Crippen molar-refractivity contribution in [2.75, 3.05) is 27.7 Å². The molecule has 7 nitrogen and oxygen atoms in total. The molecule has 1 saturated carbocycles. The Morgan fingerprint density at radius 2 is 1.92 bits per heavy atom. The molecule has 2 atom stereocenters. The summed E-state index contributed by atoms with van der Waals surface area (Å²) in [6, 6.07) is 0.589. The Morgan fingerprint density at radius 3 is 2.54 bits per heavy atom. The summed E-state index contributed by atoms with van der Waals surface area (Å²) >= 11 is 1.40. The fraction of sp³-hybridized carbons (Fsp3) is 0.500. The molecule has 0 bridgehead atoms. The van der Waals surface area contributed by atoms with Gasteiger partial charge in [-0.1, -0.05) is 57.2 Å². The summed E-state index contributed by atoms with van der Waals surface area (Å²) in [6.07, 6.45) is 4.19. The van der Waals surface area contributed by atoms with Crippen LogP contribution in [0.15, 0.2) is 35.4 Å². The minimum atomic E-state index is -2.59. The summed E-state index contributed by atoms with van der Waals surface area (Å²) < 4.78 is 32.4. The average molecular weight is 583 g/mol. The third kappa shape index (κ3) is 11.4. The van der Waals surface area contributed by atoms with Gasteiger partial charge in [-0.25, -0.2) is 13.8 Å². The molecular weight excluding hydrogens is 546 g/mol. The van der Waals surface area contributed by atoms with Crippen LogP contribution in [-0.2, 0) is 4.74 Å². The van der Waals surface area contributed by atoms with E-state index < -0.39 is 12.5 Å². The third-order valence-electron chi connectivity index (χ3n) is 5.01. The largest absolute Gasteiger partial charge is 1.00 e. The van der Waals surface area contributed by atoms with E-state index in [1.165, 1.54) is 31.1 Å². The zero-order chi connectivity index (χ0) is 28.1. The van der Waals surface area contributed by atoms with Crippen LogP contribution in [0.1, 0.15) is 51.8 Å². The number of rotatable bonds is 5. The van der Waals surface area contributed by atoms with E-state index in [1.807, 2.05) is 46.7 Å². The summed E-state index contributed by atoms with van der Waals surface area (Å²) in [6.45, 7) is 8.56. The number of halogens is 2. The second-order valence-electron chi connectivity index (χ2n) is 8.14. The first-order valence-electron chi connectivity index (χ1n) is 12.8. The van der Waals surface area contributed by atoms with Crippen molar-refractivity contribution in [3.05, 3.63) is 46.9 Å². The van der Waals surface area contributed by atoms with Crippen LogP contribution in [0.5, 0.6) is 0 Å². The van der Waals surface area contributed by atoms with Crippen LogP contribution >= 0.6 is 11.8 Å². The zero-order valence-corrected chi connectivity index (χ0v) is 28.0. The Kier molecular flexibility index (Phi) is 17.0. The Bertz CT molecular complexity index is 1150. The minimum Gasteiger partial charge on any atom is -0.495 e. The molecule has 11 heteroatoms. The first-order valence-corrected chi connectivity index (χ1v) is 13.7. The Balaban J connectivity index is 0.00000145. The number of hydrazone groups is 1. The van der Waals surface area contributed by atoms with Gasteiger partial charge in [-0.2, -0.15) is 0 Å². The molecule has 1 fully saturated rings. The van der Waals surface area contributed by atoms with Crippen molar-refractivity contribution in [1.82, 2.24) is 20.6 Å². The van der Waals surface area contributed by atoms with E-state index in [-0.39, 0.29) is 56.8 Å². The average Bonchev–Trinajstić information content (AvgIpc) is 3.67. The van der Waals surface area contributed by atoms with Crippen molar-refractivity contribution < 1.29 is 64.9 Å². The number of pyridine rings is 1. The summed E-state index contributed by atoms with van der Waals surface area (Å²) in [5, 5.41) is 11.9. The second kappa shape index (κ2) is 18.7. The van der Waals surface area contributed by atoms with Gasteiger partial charge in [0.25, 0.3) is 6.43 Å². The fourth-order valence-electron chi connectivity index (χ4n) is 3.12. The van der Waals surface area contributed by atoms with E-state index >= 15 is 0 Å². The predicted octanol–water partition coefficient (Wildman–Crippen LogP) is 2.51. The molecule has 1 aromatic heterocycles. The molecule has 0 radical (unpaired) electrons. The van der Waals surface area contributed by atoms with Crippen LogP contribution in [0.25, 0.3) is 10.9 Å². The van der Waals surface area contributed by atoms with Crippen LogP contribution in [0.2, 0.25) is 0 Å². The van der Waals surface area contributed by atoms with Crippen molar-refractivity contribution in [1.29, 1.82) is 0 Å². The smallest absolute Gasteiger partial charge is 0.495 e. The van der Waals surface area contributed by atoms with Gasteiger partial charge < -0.3 is 25.9 Å². The third-order valence-corrected chi connectivity index (χ3v) is 5.86. The summed E-state index contributed by atoms with van der Waals surface area (Å²) in [4.78, 5) is 6.36. The SMILES string of the molecule is CC.CC.COC1=CNC(C(F)F)C=C1c1cc(C#CCN(C)C)ncc1[N-]C1=NNC(C#CC2CC2)S1.[K+]. The van der Waals surface area contributed by atoms with Gasteiger partial charge in [0.1, 0.15) is 22.9 Å². The first-order chi connectivity index (χ1) is 18.4. The van der Waals surface area contributed by atoms with Crippen molar-refractivity contribution in [3.63, 3.8) is 0 Å². The fourth-order valence-corrected chi connectivity index (χ4v) is 3.81. The molecule has 2 unspecified atom stereocenters. The monoisotopic (exact) mass is 582 g/mol. The molecule has 2 N–H and O–H groups in total. The number of alkyl halides is 2. The molecule has 1 aliphatic carbocycles. The van der Waals surface area contributed by atoms with Crippen molar-refractivity contribution in [2.45, 2.75) is 58.4 Å². The van der Waals surface area contributed by atoms with E-state index in [1.54, 1.807) is 12.3 Å². The summed E-state index contributed by atoms with van der Waals surface area (Å²) in [5.74, 6) is 13.4. The Labute approximate surface area is 278 Å². The van der Waals surface area contributed by atoms with E-state index in [0.29, 0.717) is 45.9 Å². The number of amidine groups is 1. The molecule has 4 rings (SSSR count).